The Morgan fingerprint density at radius 3 is 2.63 bits per heavy atom. The molecule has 0 unspecified atom stereocenters. The van der Waals surface area contributed by atoms with Crippen molar-refractivity contribution < 1.29 is 28.3 Å². The van der Waals surface area contributed by atoms with Gasteiger partial charge in [0.1, 0.15) is 5.75 Å². The van der Waals surface area contributed by atoms with Crippen LogP contribution in [-0.2, 0) is 14.3 Å². The summed E-state index contributed by atoms with van der Waals surface area (Å²) in [6.45, 7) is 1.72. The lowest BCUT2D eigenvalue weighted by molar-refractivity contribution is -0.137. The van der Waals surface area contributed by atoms with Crippen LogP contribution in [0.1, 0.15) is 35.5 Å². The number of amides is 1. The van der Waals surface area contributed by atoms with E-state index in [1.54, 1.807) is 37.3 Å². The summed E-state index contributed by atoms with van der Waals surface area (Å²) >= 11 is 1.47. The third-order valence-electron chi connectivity index (χ3n) is 4.74. The minimum atomic E-state index is -0.667. The van der Waals surface area contributed by atoms with Crippen molar-refractivity contribution in [3.8, 4) is 5.75 Å². The molecular weight excluding hydrogens is 408 g/mol. The number of thioether (sulfide) groups is 1. The van der Waals surface area contributed by atoms with Gasteiger partial charge in [-0.05, 0) is 36.8 Å². The van der Waals surface area contributed by atoms with E-state index in [0.717, 1.165) is 0 Å². The van der Waals surface area contributed by atoms with Crippen LogP contribution in [0.15, 0.2) is 63.3 Å². The van der Waals surface area contributed by atoms with Crippen LogP contribution in [0.5, 0.6) is 5.75 Å². The molecule has 9 heteroatoms. The van der Waals surface area contributed by atoms with Crippen molar-refractivity contribution >= 4 is 34.8 Å². The molecule has 3 heterocycles. The first-order valence-electron chi connectivity index (χ1n) is 9.18. The lowest BCUT2D eigenvalue weighted by Crippen LogP contribution is -2.45. The fourth-order valence-corrected chi connectivity index (χ4v) is 4.36. The summed E-state index contributed by atoms with van der Waals surface area (Å²) in [6.07, 6.45) is 1.74. The Kier molecular flexibility index (Phi) is 5.45. The van der Waals surface area contributed by atoms with E-state index in [0.29, 0.717) is 39.9 Å². The van der Waals surface area contributed by atoms with Crippen LogP contribution in [0.4, 0.5) is 0 Å². The molecule has 30 heavy (non-hydrogen) atoms. The molecule has 2 aliphatic rings. The van der Waals surface area contributed by atoms with Gasteiger partial charge in [-0.1, -0.05) is 23.9 Å². The first kappa shape index (κ1) is 20.0. The number of rotatable bonds is 4. The Hall–Kier alpha value is -3.33. The average molecular weight is 426 g/mol. The Morgan fingerprint density at radius 1 is 1.20 bits per heavy atom. The maximum atomic E-state index is 12.7. The number of amidine groups is 1. The number of furan rings is 1. The second-order valence-corrected chi connectivity index (χ2v) is 7.65. The minimum Gasteiger partial charge on any atom is -0.466 e. The monoisotopic (exact) mass is 426 g/mol. The van der Waals surface area contributed by atoms with Crippen molar-refractivity contribution in [1.82, 2.24) is 4.90 Å². The Morgan fingerprint density at radius 2 is 1.97 bits per heavy atom. The summed E-state index contributed by atoms with van der Waals surface area (Å²) in [5.74, 6) is -0.229. The molecule has 0 saturated carbocycles. The summed E-state index contributed by atoms with van der Waals surface area (Å²) < 4.78 is 15.3. The number of carbonyl (C=O) groups is 3. The number of aliphatic imine (C=N–C) groups is 1. The van der Waals surface area contributed by atoms with Crippen LogP contribution >= 0.6 is 11.8 Å². The fraction of sp³-hybridized carbons (Fsp3) is 0.238. The third kappa shape index (κ3) is 3.63. The van der Waals surface area contributed by atoms with Crippen molar-refractivity contribution in [2.75, 3.05) is 12.9 Å². The van der Waals surface area contributed by atoms with Crippen molar-refractivity contribution in [3.63, 3.8) is 0 Å². The molecular formula is C21H18N2O6S. The number of allylic oxidation sites excluding steroid dienone is 1. The average Bonchev–Trinajstić information content (AvgIpc) is 3.28. The van der Waals surface area contributed by atoms with Crippen LogP contribution in [-0.4, -0.2) is 40.8 Å². The number of hydrogen-bond donors (Lipinski definition) is 0. The number of carbonyl (C=O) groups excluding carboxylic acids is 3. The van der Waals surface area contributed by atoms with E-state index in [9.17, 15) is 14.4 Å². The molecule has 2 aromatic rings. The quantitative estimate of drug-likeness (QED) is 0.546. The van der Waals surface area contributed by atoms with Gasteiger partial charge >= 0.3 is 11.9 Å². The molecule has 1 aromatic carbocycles. The van der Waals surface area contributed by atoms with Gasteiger partial charge in [0.05, 0.1) is 30.7 Å². The third-order valence-corrected chi connectivity index (χ3v) is 5.70. The molecule has 0 spiro atoms. The van der Waals surface area contributed by atoms with Gasteiger partial charge in [0, 0.05) is 12.2 Å². The van der Waals surface area contributed by atoms with Crippen molar-refractivity contribution in [2.45, 2.75) is 19.4 Å². The van der Waals surface area contributed by atoms with Crippen LogP contribution in [0.25, 0.3) is 0 Å². The van der Waals surface area contributed by atoms with Crippen molar-refractivity contribution in [3.05, 3.63) is 65.3 Å². The lowest BCUT2D eigenvalue weighted by Gasteiger charge is -2.38. The van der Waals surface area contributed by atoms with E-state index in [2.05, 4.69) is 4.99 Å². The largest absolute Gasteiger partial charge is 0.466 e. The number of esters is 2. The SMILES string of the molecule is COC(=O)C1=C(C)N=C2SCCC(=O)N2[C@@H]1c1ccc(OC(=O)c2ccco2)cc1. The molecule has 0 radical (unpaired) electrons. The van der Waals surface area contributed by atoms with Crippen LogP contribution < -0.4 is 4.74 Å². The van der Waals surface area contributed by atoms with Gasteiger partial charge in [0.2, 0.25) is 11.7 Å². The highest BCUT2D eigenvalue weighted by Gasteiger charge is 2.41. The molecule has 1 fully saturated rings. The summed E-state index contributed by atoms with van der Waals surface area (Å²) in [4.78, 5) is 43.3. The molecule has 154 valence electrons. The first-order valence-corrected chi connectivity index (χ1v) is 10.2. The van der Waals surface area contributed by atoms with Gasteiger partial charge in [-0.3, -0.25) is 9.69 Å². The molecule has 1 aromatic heterocycles. The number of hydrogen-bond acceptors (Lipinski definition) is 8. The maximum absolute atomic E-state index is 12.7. The van der Waals surface area contributed by atoms with E-state index in [-0.39, 0.29) is 11.7 Å². The van der Waals surface area contributed by atoms with Crippen LogP contribution in [0.2, 0.25) is 0 Å². The second kappa shape index (κ2) is 8.19. The van der Waals surface area contributed by atoms with E-state index in [1.165, 1.54) is 36.1 Å². The predicted octanol–water partition coefficient (Wildman–Crippen LogP) is 3.32. The number of nitrogens with zero attached hydrogens (tertiary/aromatic N) is 2. The van der Waals surface area contributed by atoms with Gasteiger partial charge < -0.3 is 13.9 Å². The molecule has 1 atom stereocenters. The molecule has 8 nitrogen and oxygen atoms in total. The van der Waals surface area contributed by atoms with Gasteiger partial charge in [-0.15, -0.1) is 0 Å². The van der Waals surface area contributed by atoms with Gasteiger partial charge in [-0.2, -0.15) is 0 Å². The number of methoxy groups -OCH3 is 1. The number of benzene rings is 1. The minimum absolute atomic E-state index is 0.0923. The highest BCUT2D eigenvalue weighted by Crippen LogP contribution is 2.40. The zero-order valence-corrected chi connectivity index (χ0v) is 17.1. The summed E-state index contributed by atoms with van der Waals surface area (Å²) in [5, 5.41) is 0.565. The topological polar surface area (TPSA) is 98.4 Å². The number of fused-ring (bicyclic) bond motifs is 1. The van der Waals surface area contributed by atoms with E-state index >= 15 is 0 Å². The fourth-order valence-electron chi connectivity index (χ4n) is 3.35. The molecule has 0 aliphatic carbocycles. The molecule has 0 N–H and O–H groups in total. The van der Waals surface area contributed by atoms with Crippen LogP contribution in [0.3, 0.4) is 0 Å². The predicted molar refractivity (Wildman–Crippen MR) is 109 cm³/mol. The molecule has 2 aliphatic heterocycles. The highest BCUT2D eigenvalue weighted by atomic mass is 32.2. The smallest absolute Gasteiger partial charge is 0.379 e. The molecule has 4 rings (SSSR count). The zero-order valence-electron chi connectivity index (χ0n) is 16.3. The number of ether oxygens (including phenoxy) is 2. The van der Waals surface area contributed by atoms with Gasteiger partial charge in [0.15, 0.2) is 5.17 Å². The summed E-state index contributed by atoms with van der Waals surface area (Å²) in [7, 11) is 1.29. The standard InChI is InChI=1S/C21H18N2O6S/c1-12-17(20(26)27-2)18(23-16(24)9-11-30-21(23)22-12)13-5-7-14(8-6-13)29-19(25)15-4-3-10-28-15/h3-8,10,18H,9,11H2,1-2H3/t18-/m1/s1. The first-order chi connectivity index (χ1) is 14.5. The van der Waals surface area contributed by atoms with E-state index in [4.69, 9.17) is 13.9 Å². The second-order valence-electron chi connectivity index (χ2n) is 6.59. The normalized spacial score (nSPS) is 18.6. The Balaban J connectivity index is 1.67. The lowest BCUT2D eigenvalue weighted by atomic mass is 9.94. The summed E-state index contributed by atoms with van der Waals surface area (Å²) in [5.41, 5.74) is 1.49. The molecule has 1 saturated heterocycles. The highest BCUT2D eigenvalue weighted by molar-refractivity contribution is 8.14. The zero-order chi connectivity index (χ0) is 21.3. The van der Waals surface area contributed by atoms with Gasteiger partial charge in [0.25, 0.3) is 0 Å². The van der Waals surface area contributed by atoms with Crippen molar-refractivity contribution in [2.24, 2.45) is 4.99 Å². The van der Waals surface area contributed by atoms with Crippen molar-refractivity contribution in [1.29, 1.82) is 0 Å². The van der Waals surface area contributed by atoms with E-state index < -0.39 is 18.0 Å². The Labute approximate surface area is 176 Å². The van der Waals surface area contributed by atoms with Gasteiger partial charge in [-0.25, -0.2) is 14.6 Å². The van der Waals surface area contributed by atoms with E-state index in [1.807, 2.05) is 0 Å². The van der Waals surface area contributed by atoms with Crippen LogP contribution in [0, 0.1) is 0 Å². The summed E-state index contributed by atoms with van der Waals surface area (Å²) in [6, 6.07) is 9.07. The Bertz CT molecular complexity index is 1060. The molecule has 0 bridgehead atoms. The maximum Gasteiger partial charge on any atom is 0.379 e. The molecule has 1 amide bonds.